The Morgan fingerprint density at radius 3 is 2.18 bits per heavy atom. The molecule has 4 aromatic carbocycles. The van der Waals surface area contributed by atoms with Crippen molar-refractivity contribution in [3.05, 3.63) is 107 Å². The number of carbonyl (C=O) groups excluding carboxylic acids is 6. The van der Waals surface area contributed by atoms with E-state index in [1.54, 1.807) is 26.4 Å². The van der Waals surface area contributed by atoms with Gasteiger partial charge in [-0.05, 0) is 47.7 Å². The number of imide groups is 2. The highest BCUT2D eigenvalue weighted by atomic mass is 16.5. The quantitative estimate of drug-likeness (QED) is 0.0911. The summed E-state index contributed by atoms with van der Waals surface area (Å²) in [7, 11) is 3.10. The maximum absolute atomic E-state index is 13.2. The van der Waals surface area contributed by atoms with Crippen LogP contribution in [-0.4, -0.2) is 86.8 Å². The van der Waals surface area contributed by atoms with Gasteiger partial charge >= 0.3 is 0 Å². The summed E-state index contributed by atoms with van der Waals surface area (Å²) in [5.41, 5.74) is 5.13. The number of carbonyl (C=O) groups is 6. The van der Waals surface area contributed by atoms with Gasteiger partial charge in [-0.3, -0.25) is 39.0 Å². The number of amides is 6. The summed E-state index contributed by atoms with van der Waals surface area (Å²) in [5.74, 6) is -1.84. The van der Waals surface area contributed by atoms with E-state index in [-0.39, 0.29) is 61.8 Å². The Bertz CT molecular complexity index is 2170. The van der Waals surface area contributed by atoms with Crippen LogP contribution >= 0.6 is 0 Å². The first kappa shape index (κ1) is 39.9. The lowest BCUT2D eigenvalue weighted by atomic mass is 9.97. The number of nitrogens with one attached hydrogen (secondary N) is 4. The lowest BCUT2D eigenvalue weighted by Gasteiger charge is -2.27. The Kier molecular flexibility index (Phi) is 12.8. The molecule has 1 unspecified atom stereocenters. The Labute approximate surface area is 329 Å². The molecule has 4 N–H and O–H groups in total. The van der Waals surface area contributed by atoms with Gasteiger partial charge in [-0.15, -0.1) is 0 Å². The zero-order chi connectivity index (χ0) is 40.5. The molecule has 1 saturated heterocycles. The van der Waals surface area contributed by atoms with Gasteiger partial charge in [0.15, 0.2) is 6.61 Å². The largest absolute Gasteiger partial charge is 0.496 e. The molecule has 0 spiro atoms. The first-order valence-electron chi connectivity index (χ1n) is 18.3. The monoisotopic (exact) mass is 777 g/mol. The van der Waals surface area contributed by atoms with Crippen LogP contribution in [0.2, 0.25) is 0 Å². The molecule has 4 aromatic rings. The molecule has 1 fully saturated rings. The van der Waals surface area contributed by atoms with Crippen LogP contribution in [0.4, 0.5) is 0 Å². The number of hydrogen-bond acceptors (Lipinski definition) is 11. The van der Waals surface area contributed by atoms with Crippen LogP contribution in [0.15, 0.2) is 78.9 Å². The summed E-state index contributed by atoms with van der Waals surface area (Å²) in [4.78, 5) is 76.1. The fraction of sp³-hybridized carbons (Fsp3) is 0.286. The zero-order valence-corrected chi connectivity index (χ0v) is 31.8. The van der Waals surface area contributed by atoms with Crippen molar-refractivity contribution < 1.29 is 47.7 Å². The predicted octanol–water partition coefficient (Wildman–Crippen LogP) is 3.06. The molecule has 15 nitrogen and oxygen atoms in total. The number of fused-ring (bicyclic) bond motifs is 1. The number of nitrogens with zero attached hydrogens (tertiary/aromatic N) is 1. The van der Waals surface area contributed by atoms with Crippen LogP contribution in [-0.2, 0) is 32.3 Å². The maximum atomic E-state index is 13.2. The summed E-state index contributed by atoms with van der Waals surface area (Å²) in [6.07, 6.45) is 0.00807. The van der Waals surface area contributed by atoms with Gasteiger partial charge in [0.25, 0.3) is 17.7 Å². The average Bonchev–Trinajstić information content (AvgIpc) is 3.47. The van der Waals surface area contributed by atoms with E-state index in [0.29, 0.717) is 29.4 Å². The molecule has 0 aromatic heterocycles. The Morgan fingerprint density at radius 1 is 0.789 bits per heavy atom. The highest BCUT2D eigenvalue weighted by Crippen LogP contribution is 2.36. The van der Waals surface area contributed by atoms with Gasteiger partial charge in [0.1, 0.15) is 35.6 Å². The number of hydrogen-bond donors (Lipinski definition) is 4. The Hall–Kier alpha value is -6.74. The van der Waals surface area contributed by atoms with E-state index in [0.717, 1.165) is 27.2 Å². The molecule has 0 radical (unpaired) electrons. The predicted molar refractivity (Wildman–Crippen MR) is 207 cm³/mol. The standard InChI is InChI=1S/C42H43N5O10/c1-25-27(11-7-12-29(25)26-9-5-4-6-10-26)23-56-28-19-34(54-2)31(35(20-28)55-3)21-43-22-37(49)44-17-18-45-38(50)24-57-33-14-8-13-30-39(33)42(53)47(41(30)52)32-15-16-36(48)46-40(32)51/h4-14,19-20,32,43H,15-18,21-24H2,1-3H3,(H,44,49)(H,45,50)(H,46,48,51). The van der Waals surface area contributed by atoms with Gasteiger partial charge in [0, 0.05) is 38.2 Å². The summed E-state index contributed by atoms with van der Waals surface area (Å²) in [6.45, 7) is 2.41. The summed E-state index contributed by atoms with van der Waals surface area (Å²) in [5, 5.41) is 10.6. The summed E-state index contributed by atoms with van der Waals surface area (Å²) in [6, 6.07) is 23.1. The highest BCUT2D eigenvalue weighted by Gasteiger charge is 2.46. The molecule has 15 heteroatoms. The molecule has 2 aliphatic heterocycles. The van der Waals surface area contributed by atoms with Crippen LogP contribution in [0, 0.1) is 6.92 Å². The topological polar surface area (TPSA) is 191 Å². The maximum Gasteiger partial charge on any atom is 0.266 e. The molecule has 6 rings (SSSR count). The van der Waals surface area contributed by atoms with E-state index in [9.17, 15) is 28.8 Å². The van der Waals surface area contributed by atoms with Gasteiger partial charge in [0.05, 0.1) is 37.5 Å². The third-order valence-electron chi connectivity index (χ3n) is 9.65. The van der Waals surface area contributed by atoms with Crippen LogP contribution in [0.3, 0.4) is 0 Å². The van der Waals surface area contributed by atoms with Crippen molar-refractivity contribution in [1.82, 2.24) is 26.2 Å². The number of ether oxygens (including phenoxy) is 4. The normalized spacial score (nSPS) is 14.8. The molecule has 2 aliphatic rings. The Balaban J connectivity index is 0.934. The van der Waals surface area contributed by atoms with Gasteiger partial charge < -0.3 is 34.9 Å². The van der Waals surface area contributed by atoms with Crippen molar-refractivity contribution in [2.24, 2.45) is 0 Å². The van der Waals surface area contributed by atoms with E-state index in [1.807, 2.05) is 30.3 Å². The fourth-order valence-corrected chi connectivity index (χ4v) is 6.71. The molecular weight excluding hydrogens is 734 g/mol. The van der Waals surface area contributed by atoms with Crippen LogP contribution in [0.25, 0.3) is 11.1 Å². The highest BCUT2D eigenvalue weighted by molar-refractivity contribution is 6.24. The molecule has 0 bridgehead atoms. The van der Waals surface area contributed by atoms with E-state index >= 15 is 0 Å². The minimum absolute atomic E-state index is 0.00509. The van der Waals surface area contributed by atoms with Crippen LogP contribution in [0.1, 0.15) is 50.2 Å². The van der Waals surface area contributed by atoms with Gasteiger partial charge in [-0.25, -0.2) is 0 Å². The minimum Gasteiger partial charge on any atom is -0.496 e. The first-order chi connectivity index (χ1) is 27.6. The summed E-state index contributed by atoms with van der Waals surface area (Å²) < 4.78 is 23.1. The number of rotatable bonds is 17. The van der Waals surface area contributed by atoms with Gasteiger partial charge in [-0.1, -0.05) is 54.6 Å². The number of benzene rings is 4. The van der Waals surface area contributed by atoms with Crippen molar-refractivity contribution in [2.75, 3.05) is 40.5 Å². The van der Waals surface area contributed by atoms with Gasteiger partial charge in [-0.2, -0.15) is 0 Å². The minimum atomic E-state index is -1.13. The lowest BCUT2D eigenvalue weighted by Crippen LogP contribution is -2.54. The van der Waals surface area contributed by atoms with Crippen molar-refractivity contribution in [3.8, 4) is 34.1 Å². The molecule has 1 atom stereocenters. The van der Waals surface area contributed by atoms with E-state index < -0.39 is 42.2 Å². The second kappa shape index (κ2) is 18.3. The Morgan fingerprint density at radius 2 is 1.47 bits per heavy atom. The molecule has 0 aliphatic carbocycles. The van der Waals surface area contributed by atoms with E-state index in [1.165, 1.54) is 18.2 Å². The zero-order valence-electron chi connectivity index (χ0n) is 31.8. The van der Waals surface area contributed by atoms with Crippen molar-refractivity contribution >= 4 is 35.4 Å². The number of methoxy groups -OCH3 is 2. The molecular formula is C42H43N5O10. The fourth-order valence-electron chi connectivity index (χ4n) is 6.71. The second-order valence-electron chi connectivity index (χ2n) is 13.3. The van der Waals surface area contributed by atoms with Crippen molar-refractivity contribution in [3.63, 3.8) is 0 Å². The molecule has 0 saturated carbocycles. The second-order valence-corrected chi connectivity index (χ2v) is 13.3. The molecule has 57 heavy (non-hydrogen) atoms. The van der Waals surface area contributed by atoms with Gasteiger partial charge in [0.2, 0.25) is 17.7 Å². The summed E-state index contributed by atoms with van der Waals surface area (Å²) >= 11 is 0. The third-order valence-corrected chi connectivity index (χ3v) is 9.65. The van der Waals surface area contributed by atoms with Crippen molar-refractivity contribution in [1.29, 1.82) is 0 Å². The average molecular weight is 778 g/mol. The molecule has 2 heterocycles. The molecule has 296 valence electrons. The SMILES string of the molecule is COc1cc(OCc2cccc(-c3ccccc3)c2C)cc(OC)c1CNCC(=O)NCCNC(=O)COc1cccc2c1C(=O)N(C1CCC(=O)NC1=O)C2=O. The van der Waals surface area contributed by atoms with Crippen molar-refractivity contribution in [2.45, 2.75) is 39.0 Å². The van der Waals surface area contributed by atoms with E-state index in [2.05, 4.69) is 46.4 Å². The molecule has 6 amide bonds. The smallest absolute Gasteiger partial charge is 0.266 e. The van der Waals surface area contributed by atoms with Crippen LogP contribution < -0.4 is 40.2 Å². The lowest BCUT2D eigenvalue weighted by molar-refractivity contribution is -0.136. The van der Waals surface area contributed by atoms with E-state index in [4.69, 9.17) is 18.9 Å². The number of piperidine rings is 1. The van der Waals surface area contributed by atoms with Crippen LogP contribution in [0.5, 0.6) is 23.0 Å². The first-order valence-corrected chi connectivity index (χ1v) is 18.3. The third kappa shape index (κ3) is 9.22.